The van der Waals surface area contributed by atoms with Gasteiger partial charge in [-0.25, -0.2) is 0 Å². The van der Waals surface area contributed by atoms with E-state index in [4.69, 9.17) is 16.3 Å². The fourth-order valence-electron chi connectivity index (χ4n) is 1.28. The van der Waals surface area contributed by atoms with E-state index in [1.807, 2.05) is 0 Å². The summed E-state index contributed by atoms with van der Waals surface area (Å²) in [6, 6.07) is 7.09. The molecular weight excluding hydrogens is 256 g/mol. The van der Waals surface area contributed by atoms with Gasteiger partial charge in [0.15, 0.2) is 0 Å². The fourth-order valence-corrected chi connectivity index (χ4v) is 1.38. The normalized spacial score (nSPS) is 9.67. The molecule has 0 fully saturated rings. The van der Waals surface area contributed by atoms with Crippen LogP contribution in [0.25, 0.3) is 0 Å². The summed E-state index contributed by atoms with van der Waals surface area (Å²) < 4.78 is 5.46. The van der Waals surface area contributed by atoms with Crippen molar-refractivity contribution in [3.05, 3.63) is 24.3 Å². The van der Waals surface area contributed by atoms with Gasteiger partial charge in [0, 0.05) is 6.92 Å². The van der Waals surface area contributed by atoms with Gasteiger partial charge >= 0.3 is 0 Å². The van der Waals surface area contributed by atoms with Gasteiger partial charge in [-0.2, -0.15) is 0 Å². The van der Waals surface area contributed by atoms with E-state index in [0.717, 1.165) is 0 Å². The first kappa shape index (κ1) is 14.3. The van der Waals surface area contributed by atoms with E-state index in [1.54, 1.807) is 24.3 Å². The van der Waals surface area contributed by atoms with E-state index in [-0.39, 0.29) is 17.7 Å². The molecule has 0 radical (unpaired) electrons. The third kappa shape index (κ3) is 5.05. The van der Waals surface area contributed by atoms with Gasteiger partial charge in [0.05, 0.1) is 12.2 Å². The zero-order valence-electron chi connectivity index (χ0n) is 10.0. The van der Waals surface area contributed by atoms with Crippen LogP contribution < -0.4 is 15.4 Å². The van der Waals surface area contributed by atoms with Crippen LogP contribution in [0.5, 0.6) is 5.75 Å². The Hall–Kier alpha value is -1.75. The second-order valence-corrected chi connectivity index (χ2v) is 3.78. The van der Waals surface area contributed by atoms with E-state index in [2.05, 4.69) is 10.6 Å². The number of hydrogen-bond donors (Lipinski definition) is 2. The van der Waals surface area contributed by atoms with Crippen LogP contribution in [0.4, 0.5) is 5.69 Å². The Morgan fingerprint density at radius 2 is 2.06 bits per heavy atom. The van der Waals surface area contributed by atoms with Crippen LogP contribution in [0.15, 0.2) is 24.3 Å². The maximum Gasteiger partial charge on any atom is 0.235 e. The Morgan fingerprint density at radius 3 is 2.72 bits per heavy atom. The minimum Gasteiger partial charge on any atom is -0.490 e. The van der Waals surface area contributed by atoms with Crippen molar-refractivity contribution < 1.29 is 14.3 Å². The average Bonchev–Trinajstić information content (AvgIpc) is 2.35. The summed E-state index contributed by atoms with van der Waals surface area (Å²) in [7, 11) is 0. The van der Waals surface area contributed by atoms with Crippen molar-refractivity contribution in [2.75, 3.05) is 24.3 Å². The molecule has 1 aromatic carbocycles. The van der Waals surface area contributed by atoms with Crippen LogP contribution in [0.3, 0.4) is 0 Å². The number of para-hydroxylation sites is 2. The van der Waals surface area contributed by atoms with Crippen LogP contribution in [-0.2, 0) is 9.59 Å². The van der Waals surface area contributed by atoms with Crippen molar-refractivity contribution in [1.82, 2.24) is 5.32 Å². The molecule has 2 amide bonds. The monoisotopic (exact) mass is 270 g/mol. The highest BCUT2D eigenvalue weighted by atomic mass is 35.5. The lowest BCUT2D eigenvalue weighted by molar-refractivity contribution is -0.118. The Balaban J connectivity index is 2.46. The third-order valence-corrected chi connectivity index (χ3v) is 2.24. The predicted octanol–water partition coefficient (Wildman–Crippen LogP) is 1.38. The molecule has 1 aromatic rings. The maximum absolute atomic E-state index is 11.0. The largest absolute Gasteiger partial charge is 0.490 e. The molecule has 6 heteroatoms. The zero-order valence-corrected chi connectivity index (χ0v) is 10.8. The number of carbonyl (C=O) groups excluding carboxylic acids is 2. The van der Waals surface area contributed by atoms with Crippen LogP contribution in [0.1, 0.15) is 6.92 Å². The van der Waals surface area contributed by atoms with E-state index in [9.17, 15) is 9.59 Å². The standard InChI is InChI=1S/C12H15ClN2O3/c1-9(16)15-10-4-2-3-5-11(10)18-7-6-14-12(17)8-13/h2-5H,6-8H2,1H3,(H,14,17)(H,15,16). The Morgan fingerprint density at radius 1 is 1.33 bits per heavy atom. The van der Waals surface area contributed by atoms with Crippen LogP contribution in [0.2, 0.25) is 0 Å². The number of anilines is 1. The van der Waals surface area contributed by atoms with Crippen molar-refractivity contribution in [2.45, 2.75) is 6.92 Å². The lowest BCUT2D eigenvalue weighted by atomic mass is 10.3. The number of alkyl halides is 1. The second-order valence-electron chi connectivity index (χ2n) is 3.51. The minimum atomic E-state index is -0.240. The Kier molecular flexibility index (Phi) is 6.00. The first-order valence-corrected chi connectivity index (χ1v) is 5.99. The summed E-state index contributed by atoms with van der Waals surface area (Å²) in [6.07, 6.45) is 0. The summed E-state index contributed by atoms with van der Waals surface area (Å²) in [5.74, 6) is 0.0902. The number of ether oxygens (including phenoxy) is 1. The summed E-state index contributed by atoms with van der Waals surface area (Å²) in [5.41, 5.74) is 0.605. The van der Waals surface area contributed by atoms with Gasteiger partial charge < -0.3 is 15.4 Å². The molecule has 0 aromatic heterocycles. The van der Waals surface area contributed by atoms with Crippen molar-refractivity contribution in [3.8, 4) is 5.75 Å². The number of amides is 2. The van der Waals surface area contributed by atoms with E-state index >= 15 is 0 Å². The molecule has 0 aliphatic carbocycles. The molecule has 5 nitrogen and oxygen atoms in total. The quantitative estimate of drug-likeness (QED) is 0.606. The molecule has 1 rings (SSSR count). The minimum absolute atomic E-state index is 0.0670. The summed E-state index contributed by atoms with van der Waals surface area (Å²) >= 11 is 5.33. The molecule has 98 valence electrons. The van der Waals surface area contributed by atoms with E-state index in [0.29, 0.717) is 24.6 Å². The van der Waals surface area contributed by atoms with Gasteiger partial charge in [0.25, 0.3) is 0 Å². The van der Waals surface area contributed by atoms with Gasteiger partial charge in [-0.3, -0.25) is 9.59 Å². The number of halogens is 1. The topological polar surface area (TPSA) is 67.4 Å². The van der Waals surface area contributed by atoms with Crippen molar-refractivity contribution in [2.24, 2.45) is 0 Å². The zero-order chi connectivity index (χ0) is 13.4. The number of nitrogens with one attached hydrogen (secondary N) is 2. The molecule has 0 unspecified atom stereocenters. The summed E-state index contributed by atoms with van der Waals surface area (Å²) in [5, 5.41) is 5.24. The smallest absolute Gasteiger partial charge is 0.235 e. The first-order chi connectivity index (χ1) is 8.63. The highest BCUT2D eigenvalue weighted by molar-refractivity contribution is 6.27. The molecule has 18 heavy (non-hydrogen) atoms. The molecule has 0 saturated carbocycles. The Labute approximate surface area is 110 Å². The van der Waals surface area contributed by atoms with Crippen molar-refractivity contribution >= 4 is 29.1 Å². The third-order valence-electron chi connectivity index (χ3n) is 2.00. The molecule has 0 heterocycles. The Bertz CT molecular complexity index is 424. The van der Waals surface area contributed by atoms with Gasteiger partial charge in [-0.05, 0) is 12.1 Å². The molecule has 0 atom stereocenters. The first-order valence-electron chi connectivity index (χ1n) is 5.45. The van der Waals surface area contributed by atoms with Gasteiger partial charge in [-0.1, -0.05) is 12.1 Å². The van der Waals surface area contributed by atoms with E-state index < -0.39 is 0 Å². The number of hydrogen-bond acceptors (Lipinski definition) is 3. The predicted molar refractivity (Wildman–Crippen MR) is 70.0 cm³/mol. The average molecular weight is 271 g/mol. The van der Waals surface area contributed by atoms with Crippen LogP contribution >= 0.6 is 11.6 Å². The molecule has 0 aliphatic heterocycles. The molecule has 2 N–H and O–H groups in total. The number of carbonyl (C=O) groups is 2. The van der Waals surface area contributed by atoms with Gasteiger partial charge in [0.2, 0.25) is 11.8 Å². The SMILES string of the molecule is CC(=O)Nc1ccccc1OCCNC(=O)CCl. The lowest BCUT2D eigenvalue weighted by Crippen LogP contribution is -2.28. The highest BCUT2D eigenvalue weighted by Crippen LogP contribution is 2.23. The number of benzene rings is 1. The van der Waals surface area contributed by atoms with E-state index in [1.165, 1.54) is 6.92 Å². The molecule has 0 aliphatic rings. The summed E-state index contributed by atoms with van der Waals surface area (Å²) in [6.45, 7) is 2.09. The lowest BCUT2D eigenvalue weighted by Gasteiger charge is -2.11. The van der Waals surface area contributed by atoms with Crippen molar-refractivity contribution in [1.29, 1.82) is 0 Å². The van der Waals surface area contributed by atoms with Crippen molar-refractivity contribution in [3.63, 3.8) is 0 Å². The fraction of sp³-hybridized carbons (Fsp3) is 0.333. The van der Waals surface area contributed by atoms with Gasteiger partial charge in [-0.15, -0.1) is 11.6 Å². The maximum atomic E-state index is 11.0. The molecule has 0 spiro atoms. The second kappa shape index (κ2) is 7.55. The molecule has 0 saturated heterocycles. The molecule has 0 bridgehead atoms. The highest BCUT2D eigenvalue weighted by Gasteiger charge is 2.04. The summed E-state index contributed by atoms with van der Waals surface area (Å²) in [4.78, 5) is 21.9. The van der Waals surface area contributed by atoms with Gasteiger partial charge in [0.1, 0.15) is 18.2 Å². The van der Waals surface area contributed by atoms with Crippen LogP contribution in [0, 0.1) is 0 Å². The van der Waals surface area contributed by atoms with Crippen LogP contribution in [-0.4, -0.2) is 30.8 Å². The molecular formula is C12H15ClN2O3. The number of rotatable bonds is 6.